The summed E-state index contributed by atoms with van der Waals surface area (Å²) >= 11 is 0. The minimum atomic E-state index is -4.58. The quantitative estimate of drug-likeness (QED) is 0.162. The molecule has 2 aliphatic heterocycles. The molecule has 14 heteroatoms. The number of nitrogens with zero attached hydrogens (tertiary/aromatic N) is 2. The van der Waals surface area contributed by atoms with Crippen LogP contribution in [0.5, 0.6) is 0 Å². The molecule has 3 aromatic rings. The van der Waals surface area contributed by atoms with E-state index >= 15 is 0 Å². The Morgan fingerprint density at radius 1 is 1.00 bits per heavy atom. The van der Waals surface area contributed by atoms with Crippen LogP contribution in [0.2, 0.25) is 0 Å². The van der Waals surface area contributed by atoms with Crippen molar-refractivity contribution in [1.29, 1.82) is 5.26 Å². The number of nitriles is 1. The van der Waals surface area contributed by atoms with E-state index < -0.39 is 58.6 Å². The third-order valence-electron chi connectivity index (χ3n) is 8.17. The Morgan fingerprint density at radius 2 is 1.71 bits per heavy atom. The molecule has 2 aliphatic rings. The lowest BCUT2D eigenvalue weighted by Gasteiger charge is -2.41. The lowest BCUT2D eigenvalue weighted by molar-refractivity contribution is -0.198. The summed E-state index contributed by atoms with van der Waals surface area (Å²) in [5, 5.41) is 55.1. The smallest absolute Gasteiger partial charge is 0.251 e. The highest BCUT2D eigenvalue weighted by atomic mass is 32.2. The molecule has 3 heterocycles. The Kier molecular flexibility index (Phi) is 10.6. The van der Waals surface area contributed by atoms with Crippen molar-refractivity contribution in [3.8, 4) is 17.4 Å². The maximum Gasteiger partial charge on any atom is 0.251 e. The van der Waals surface area contributed by atoms with Gasteiger partial charge in [-0.3, -0.25) is 4.90 Å². The highest BCUT2D eigenvalue weighted by molar-refractivity contribution is 7.93. The van der Waals surface area contributed by atoms with E-state index in [0.29, 0.717) is 5.76 Å². The molecule has 0 amide bonds. The van der Waals surface area contributed by atoms with Crippen molar-refractivity contribution in [1.82, 2.24) is 9.62 Å². The zero-order chi connectivity index (χ0) is 32.1. The lowest BCUT2D eigenvalue weighted by atomic mass is 9.94. The molecule has 0 saturated carbocycles. The van der Waals surface area contributed by atoms with Crippen LogP contribution in [0.15, 0.2) is 57.9 Å². The number of ether oxygens (including phenoxy) is 2. The van der Waals surface area contributed by atoms with Crippen LogP contribution in [0.1, 0.15) is 12.7 Å². The Morgan fingerprint density at radius 3 is 2.42 bits per heavy atom. The number of aliphatic hydroxyl groups is 4. The first-order chi connectivity index (χ1) is 21.6. The Hall–Kier alpha value is -3.36. The SMILES string of the molecule is C/C(=C(/C#N)S(=O)(=O)NC1C(CO)O[C@H](CO)[C@@H](O)[C@@H]1O)c1ccc(-c2ccc3cc(NCCN4CCOCC4)ccc3c2)o1. The molecule has 0 bridgehead atoms. The van der Waals surface area contributed by atoms with Gasteiger partial charge in [-0.25, -0.2) is 13.1 Å². The van der Waals surface area contributed by atoms with Crippen molar-refractivity contribution >= 4 is 32.1 Å². The lowest BCUT2D eigenvalue weighted by Crippen LogP contribution is -2.65. The number of benzene rings is 2. The van der Waals surface area contributed by atoms with Gasteiger partial charge in [-0.15, -0.1) is 0 Å². The Balaban J connectivity index is 1.30. The van der Waals surface area contributed by atoms with Gasteiger partial charge in [0.15, 0.2) is 4.91 Å². The molecule has 5 rings (SSSR count). The summed E-state index contributed by atoms with van der Waals surface area (Å²) in [6, 6.07) is 15.4. The number of morpholine rings is 1. The van der Waals surface area contributed by atoms with Gasteiger partial charge < -0.3 is 39.6 Å². The van der Waals surface area contributed by atoms with Gasteiger partial charge in [0.1, 0.15) is 42.0 Å². The van der Waals surface area contributed by atoms with Crippen LogP contribution in [-0.2, 0) is 19.5 Å². The predicted octanol–water partition coefficient (Wildman–Crippen LogP) is 0.860. The van der Waals surface area contributed by atoms with Crippen molar-refractivity contribution in [3.63, 3.8) is 0 Å². The molecule has 0 aliphatic carbocycles. The molecule has 5 atom stereocenters. The van der Waals surface area contributed by atoms with E-state index in [-0.39, 0.29) is 11.3 Å². The number of hydrogen-bond acceptors (Lipinski definition) is 12. The molecule has 6 N–H and O–H groups in total. The molecule has 13 nitrogen and oxygen atoms in total. The van der Waals surface area contributed by atoms with Crippen LogP contribution in [0.4, 0.5) is 5.69 Å². The number of sulfonamides is 1. The largest absolute Gasteiger partial charge is 0.456 e. The van der Waals surface area contributed by atoms with Gasteiger partial charge >= 0.3 is 0 Å². The second kappa shape index (κ2) is 14.4. The van der Waals surface area contributed by atoms with Crippen LogP contribution in [0.3, 0.4) is 0 Å². The third-order valence-corrected chi connectivity index (χ3v) is 9.69. The van der Waals surface area contributed by atoms with Gasteiger partial charge in [0.25, 0.3) is 10.0 Å². The van der Waals surface area contributed by atoms with Gasteiger partial charge in [0.2, 0.25) is 0 Å². The molecule has 0 radical (unpaired) electrons. The number of aliphatic hydroxyl groups excluding tert-OH is 4. The van der Waals surface area contributed by atoms with Crippen LogP contribution in [-0.4, -0.2) is 117 Å². The summed E-state index contributed by atoms with van der Waals surface area (Å²) < 4.78 is 45.5. The van der Waals surface area contributed by atoms with E-state index in [1.165, 1.54) is 6.92 Å². The fourth-order valence-corrected chi connectivity index (χ4v) is 6.97. The van der Waals surface area contributed by atoms with Gasteiger partial charge in [-0.2, -0.15) is 5.26 Å². The van der Waals surface area contributed by atoms with E-state index in [4.69, 9.17) is 13.9 Å². The average Bonchev–Trinajstić information content (AvgIpc) is 3.54. The Bertz CT molecular complexity index is 1660. The first-order valence-corrected chi connectivity index (χ1v) is 16.2. The molecular formula is C31H38N4O9S. The van der Waals surface area contributed by atoms with Crippen LogP contribution >= 0.6 is 0 Å². The first-order valence-electron chi connectivity index (χ1n) is 14.7. The summed E-state index contributed by atoms with van der Waals surface area (Å²) in [7, 11) is -4.58. The zero-order valence-electron chi connectivity index (χ0n) is 24.8. The van der Waals surface area contributed by atoms with E-state index in [2.05, 4.69) is 21.0 Å². The van der Waals surface area contributed by atoms with E-state index in [1.54, 1.807) is 18.2 Å². The minimum Gasteiger partial charge on any atom is -0.456 e. The van der Waals surface area contributed by atoms with Gasteiger partial charge in [0.05, 0.1) is 32.5 Å². The number of furan rings is 1. The fraction of sp³-hybridized carbons (Fsp3) is 0.452. The summed E-state index contributed by atoms with van der Waals surface area (Å²) in [6.45, 7) is 5.25. The molecule has 1 aromatic heterocycles. The topological polar surface area (TPSA) is 198 Å². The van der Waals surface area contributed by atoms with Gasteiger partial charge in [0, 0.05) is 43.0 Å². The van der Waals surface area contributed by atoms with Crippen LogP contribution < -0.4 is 10.0 Å². The van der Waals surface area contributed by atoms with Crippen molar-refractivity contribution in [2.24, 2.45) is 0 Å². The highest BCUT2D eigenvalue weighted by Gasteiger charge is 2.46. The number of hydrogen-bond donors (Lipinski definition) is 6. The number of fused-ring (bicyclic) bond motifs is 1. The van der Waals surface area contributed by atoms with Crippen molar-refractivity contribution in [3.05, 3.63) is 59.2 Å². The summed E-state index contributed by atoms with van der Waals surface area (Å²) in [4.78, 5) is 1.70. The van der Waals surface area contributed by atoms with Crippen molar-refractivity contribution in [2.45, 2.75) is 37.4 Å². The van der Waals surface area contributed by atoms with Gasteiger partial charge in [-0.05, 0) is 48.0 Å². The molecule has 45 heavy (non-hydrogen) atoms. The van der Waals surface area contributed by atoms with Crippen molar-refractivity contribution in [2.75, 3.05) is 57.9 Å². The van der Waals surface area contributed by atoms with Crippen LogP contribution in [0.25, 0.3) is 27.7 Å². The normalized spacial score (nSPS) is 25.1. The van der Waals surface area contributed by atoms with E-state index in [1.807, 2.05) is 30.3 Å². The molecule has 242 valence electrons. The number of anilines is 1. The molecule has 2 aromatic carbocycles. The summed E-state index contributed by atoms with van der Waals surface area (Å²) in [5.74, 6) is 0.614. The van der Waals surface area contributed by atoms with Crippen LogP contribution in [0, 0.1) is 11.3 Å². The molecular weight excluding hydrogens is 604 g/mol. The number of rotatable bonds is 11. The predicted molar refractivity (Wildman–Crippen MR) is 166 cm³/mol. The molecule has 2 saturated heterocycles. The summed E-state index contributed by atoms with van der Waals surface area (Å²) in [6.07, 6.45) is -5.83. The van der Waals surface area contributed by atoms with E-state index in [9.17, 15) is 34.1 Å². The second-order valence-electron chi connectivity index (χ2n) is 11.1. The van der Waals surface area contributed by atoms with Crippen molar-refractivity contribution < 1.29 is 42.7 Å². The molecule has 2 fully saturated rings. The third kappa shape index (κ3) is 7.39. The standard InChI is InChI=1S/C31H38N4O9S/c1-19(28(16-32)45(40,41)34-29-26(17-36)44-27(18-37)30(38)31(29)39)24-6-7-25(43-24)22-3-2-21-15-23(5-4-20(21)14-22)33-8-9-35-10-12-42-13-11-35/h2-7,14-15,26-27,29-31,33-34,36-39H,8-13,17-18H2,1H3/b28-19+/t26?,27-,29?,30-,31-/m1/s1. The monoisotopic (exact) mass is 642 g/mol. The maximum atomic E-state index is 13.3. The van der Waals surface area contributed by atoms with E-state index in [0.717, 1.165) is 61.4 Å². The van der Waals surface area contributed by atoms with Gasteiger partial charge in [-0.1, -0.05) is 18.2 Å². The maximum absolute atomic E-state index is 13.3. The molecule has 2 unspecified atom stereocenters. The molecule has 0 spiro atoms. The highest BCUT2D eigenvalue weighted by Crippen LogP contribution is 2.32. The zero-order valence-corrected chi connectivity index (χ0v) is 25.6. The average molecular weight is 643 g/mol. The summed E-state index contributed by atoms with van der Waals surface area (Å²) in [5.41, 5.74) is 1.80. The minimum absolute atomic E-state index is 0.0189. The first kappa shape index (κ1) is 33.0. The number of nitrogens with one attached hydrogen (secondary N) is 2. The second-order valence-corrected chi connectivity index (χ2v) is 12.7. The fourth-order valence-electron chi connectivity index (χ4n) is 5.58. The Labute approximate surface area is 261 Å². The number of allylic oxidation sites excluding steroid dienone is 2.